The Morgan fingerprint density at radius 3 is 2.31 bits per heavy atom. The van der Waals surface area contributed by atoms with Crippen molar-refractivity contribution in [2.24, 2.45) is 5.92 Å². The molecule has 10 heteroatoms. The zero-order valence-corrected chi connectivity index (χ0v) is 22.3. The maximum Gasteiger partial charge on any atom is 0.308 e. The Morgan fingerprint density at radius 2 is 1.62 bits per heavy atom. The fourth-order valence-electron chi connectivity index (χ4n) is 5.10. The highest BCUT2D eigenvalue weighted by molar-refractivity contribution is 8.00. The molecule has 0 aliphatic carbocycles. The summed E-state index contributed by atoms with van der Waals surface area (Å²) in [6.45, 7) is 1.65. The normalized spacial score (nSPS) is 20.1. The predicted molar refractivity (Wildman–Crippen MR) is 149 cm³/mol. The third-order valence-electron chi connectivity index (χ3n) is 6.93. The van der Waals surface area contributed by atoms with Crippen LogP contribution in [0.4, 0.5) is 15.8 Å². The van der Waals surface area contributed by atoms with Crippen LogP contribution in [0.15, 0.2) is 88.7 Å². The van der Waals surface area contributed by atoms with Gasteiger partial charge in [0.1, 0.15) is 17.6 Å². The quantitative estimate of drug-likeness (QED) is 0.355. The van der Waals surface area contributed by atoms with Gasteiger partial charge in [0, 0.05) is 16.5 Å². The number of amides is 3. The summed E-state index contributed by atoms with van der Waals surface area (Å²) in [4.78, 5) is 55.2. The molecule has 0 spiro atoms. The minimum atomic E-state index is -0.753. The molecule has 1 fully saturated rings. The van der Waals surface area contributed by atoms with Crippen LogP contribution >= 0.6 is 23.1 Å². The van der Waals surface area contributed by atoms with E-state index in [4.69, 9.17) is 0 Å². The SMILES string of the molecule is Cc1ccc(N2C(=O)C3Sc4c(sc(=O)n4CC(=O)Nc4ccc(F)cc4)[C@@H](c4ccccc4)C3C2=O)cc1. The van der Waals surface area contributed by atoms with Crippen LogP contribution in [-0.4, -0.2) is 27.5 Å². The molecule has 3 heterocycles. The molecular formula is C29H22FN3O4S2. The number of imide groups is 1. The smallest absolute Gasteiger partial charge is 0.308 e. The lowest BCUT2D eigenvalue weighted by atomic mass is 9.83. The Labute approximate surface area is 231 Å². The third-order valence-corrected chi connectivity index (χ3v) is 9.53. The van der Waals surface area contributed by atoms with Gasteiger partial charge in [-0.2, -0.15) is 0 Å². The minimum Gasteiger partial charge on any atom is -0.325 e. The second kappa shape index (κ2) is 9.94. The number of thiazole rings is 1. The van der Waals surface area contributed by atoms with E-state index in [1.165, 1.54) is 45.5 Å². The van der Waals surface area contributed by atoms with Crippen LogP contribution in [0.2, 0.25) is 0 Å². The molecule has 3 amide bonds. The number of aryl methyl sites for hydroxylation is 1. The highest BCUT2D eigenvalue weighted by Gasteiger charge is 2.56. The molecule has 0 saturated carbocycles. The topological polar surface area (TPSA) is 88.5 Å². The summed E-state index contributed by atoms with van der Waals surface area (Å²) in [5.41, 5.74) is 2.75. The Balaban J connectivity index is 1.39. The second-order valence-electron chi connectivity index (χ2n) is 9.48. The Bertz CT molecular complexity index is 1650. The molecule has 4 aromatic rings. The monoisotopic (exact) mass is 559 g/mol. The summed E-state index contributed by atoms with van der Waals surface area (Å²) < 4.78 is 14.6. The van der Waals surface area contributed by atoms with E-state index in [9.17, 15) is 23.6 Å². The van der Waals surface area contributed by atoms with Gasteiger partial charge in [-0.15, -0.1) is 0 Å². The molecule has 6 rings (SSSR count). The van der Waals surface area contributed by atoms with Gasteiger partial charge in [-0.05, 0) is 48.9 Å². The van der Waals surface area contributed by atoms with E-state index in [0.717, 1.165) is 22.5 Å². The number of carbonyl (C=O) groups is 3. The third kappa shape index (κ3) is 4.49. The number of rotatable bonds is 5. The number of anilines is 2. The van der Waals surface area contributed by atoms with Crippen LogP contribution in [0.1, 0.15) is 21.9 Å². The summed E-state index contributed by atoms with van der Waals surface area (Å²) in [6, 6.07) is 21.9. The highest BCUT2D eigenvalue weighted by Crippen LogP contribution is 2.53. The fourth-order valence-corrected chi connectivity index (χ4v) is 7.87. The van der Waals surface area contributed by atoms with E-state index in [2.05, 4.69) is 5.32 Å². The van der Waals surface area contributed by atoms with Crippen molar-refractivity contribution < 1.29 is 18.8 Å². The number of aromatic nitrogens is 1. The highest BCUT2D eigenvalue weighted by atomic mass is 32.2. The molecule has 2 aliphatic heterocycles. The molecule has 196 valence electrons. The minimum absolute atomic E-state index is 0.280. The first kappa shape index (κ1) is 25.3. The van der Waals surface area contributed by atoms with Crippen LogP contribution in [0.3, 0.4) is 0 Å². The van der Waals surface area contributed by atoms with Gasteiger partial charge in [0.2, 0.25) is 17.7 Å². The first-order chi connectivity index (χ1) is 18.8. The predicted octanol–water partition coefficient (Wildman–Crippen LogP) is 4.79. The van der Waals surface area contributed by atoms with Crippen molar-refractivity contribution in [1.29, 1.82) is 0 Å². The molecule has 0 radical (unpaired) electrons. The van der Waals surface area contributed by atoms with E-state index in [0.29, 0.717) is 21.3 Å². The van der Waals surface area contributed by atoms with Gasteiger partial charge in [0.25, 0.3) is 0 Å². The number of carbonyl (C=O) groups excluding carboxylic acids is 3. The van der Waals surface area contributed by atoms with E-state index in [1.807, 2.05) is 49.4 Å². The van der Waals surface area contributed by atoms with Gasteiger partial charge in [-0.1, -0.05) is 71.1 Å². The van der Waals surface area contributed by atoms with Crippen molar-refractivity contribution in [2.75, 3.05) is 10.2 Å². The van der Waals surface area contributed by atoms with Gasteiger partial charge in [0.15, 0.2) is 0 Å². The largest absolute Gasteiger partial charge is 0.325 e. The van der Waals surface area contributed by atoms with Crippen LogP contribution in [0.25, 0.3) is 0 Å². The lowest BCUT2D eigenvalue weighted by Crippen LogP contribution is -2.33. The maximum absolute atomic E-state index is 13.8. The number of benzene rings is 3. The van der Waals surface area contributed by atoms with E-state index in [-0.39, 0.29) is 23.2 Å². The average molecular weight is 560 g/mol. The van der Waals surface area contributed by atoms with Gasteiger partial charge >= 0.3 is 4.87 Å². The van der Waals surface area contributed by atoms with Crippen LogP contribution in [0, 0.1) is 18.7 Å². The molecule has 1 saturated heterocycles. The molecule has 2 unspecified atom stereocenters. The van der Waals surface area contributed by atoms with Gasteiger partial charge in [0.05, 0.1) is 16.6 Å². The first-order valence-electron chi connectivity index (χ1n) is 12.3. The van der Waals surface area contributed by atoms with Gasteiger partial charge < -0.3 is 5.32 Å². The number of halogens is 1. The molecule has 3 atom stereocenters. The van der Waals surface area contributed by atoms with Crippen LogP contribution < -0.4 is 15.1 Å². The van der Waals surface area contributed by atoms with Gasteiger partial charge in [-0.25, -0.2) is 9.29 Å². The Kier molecular flexibility index (Phi) is 6.44. The number of thioether (sulfide) groups is 1. The molecule has 2 aliphatic rings. The Hall–Kier alpha value is -4.02. The molecule has 1 aromatic heterocycles. The van der Waals surface area contributed by atoms with E-state index < -0.39 is 28.8 Å². The summed E-state index contributed by atoms with van der Waals surface area (Å²) >= 11 is 2.17. The number of nitrogens with zero attached hydrogens (tertiary/aromatic N) is 2. The number of nitrogens with one attached hydrogen (secondary N) is 1. The van der Waals surface area contributed by atoms with E-state index >= 15 is 0 Å². The standard InChI is InChI=1S/C29H22FN3O4S2/c1-16-7-13-20(14-8-16)33-26(35)23-22(17-5-3-2-4-6-17)25-28(38-24(23)27(33)36)32(29(37)39-25)15-21(34)31-19-11-9-18(30)10-12-19/h2-14,22-24H,15H2,1H3,(H,31,34)/t22-,23?,24?/m0/s1. The maximum atomic E-state index is 13.8. The van der Waals surface area contributed by atoms with Crippen molar-refractivity contribution in [2.45, 2.75) is 29.7 Å². The average Bonchev–Trinajstić information content (AvgIpc) is 3.37. The number of hydrogen-bond donors (Lipinski definition) is 1. The Morgan fingerprint density at radius 1 is 0.923 bits per heavy atom. The zero-order chi connectivity index (χ0) is 27.3. The van der Waals surface area contributed by atoms with Crippen LogP contribution in [-0.2, 0) is 20.9 Å². The molecule has 39 heavy (non-hydrogen) atoms. The number of fused-ring (bicyclic) bond motifs is 2. The molecule has 3 aromatic carbocycles. The van der Waals surface area contributed by atoms with Crippen molar-refractivity contribution >= 4 is 52.2 Å². The molecular weight excluding hydrogens is 537 g/mol. The zero-order valence-electron chi connectivity index (χ0n) is 20.7. The summed E-state index contributed by atoms with van der Waals surface area (Å²) in [5.74, 6) is -2.74. The number of hydrogen-bond acceptors (Lipinski definition) is 6. The van der Waals surface area contributed by atoms with Crippen molar-refractivity contribution in [3.8, 4) is 0 Å². The molecule has 0 bridgehead atoms. The summed E-state index contributed by atoms with van der Waals surface area (Å²) in [5, 5.41) is 2.44. The second-order valence-corrected chi connectivity index (χ2v) is 11.6. The first-order valence-corrected chi connectivity index (χ1v) is 14.0. The lowest BCUT2D eigenvalue weighted by Gasteiger charge is -2.30. The summed E-state index contributed by atoms with van der Waals surface area (Å²) in [7, 11) is 0. The molecule has 1 N–H and O–H groups in total. The summed E-state index contributed by atoms with van der Waals surface area (Å²) in [6.07, 6.45) is 0. The van der Waals surface area contributed by atoms with E-state index in [1.54, 1.807) is 12.1 Å². The van der Waals surface area contributed by atoms with Crippen LogP contribution in [0.5, 0.6) is 0 Å². The molecule has 7 nitrogen and oxygen atoms in total. The van der Waals surface area contributed by atoms with Crippen molar-refractivity contribution in [3.05, 3.63) is 110 Å². The van der Waals surface area contributed by atoms with Crippen molar-refractivity contribution in [3.63, 3.8) is 0 Å². The van der Waals surface area contributed by atoms with Crippen molar-refractivity contribution in [1.82, 2.24) is 4.57 Å². The van der Waals surface area contributed by atoms with Gasteiger partial charge in [-0.3, -0.25) is 23.7 Å². The fraction of sp³-hybridized carbons (Fsp3) is 0.172. The lowest BCUT2D eigenvalue weighted by molar-refractivity contribution is -0.122.